The van der Waals surface area contributed by atoms with Gasteiger partial charge in [-0.15, -0.1) is 0 Å². The number of halogens is 7. The summed E-state index contributed by atoms with van der Waals surface area (Å²) in [7, 11) is 0.959. The number of alkyl halides is 7. The average molecular weight is 326 g/mol. The second-order valence-electron chi connectivity index (χ2n) is 5.31. The van der Waals surface area contributed by atoms with Crippen molar-refractivity contribution < 1.29 is 40.2 Å². The second-order valence-corrected chi connectivity index (χ2v) is 5.31. The van der Waals surface area contributed by atoms with E-state index in [0.29, 0.717) is 0 Å². The predicted octanol–water partition coefficient (Wildman–Crippen LogP) is 4.24. The van der Waals surface area contributed by atoms with Crippen LogP contribution in [0.25, 0.3) is 0 Å². The van der Waals surface area contributed by atoms with Crippen molar-refractivity contribution in [3.63, 3.8) is 0 Å². The molecular formula is C12H17F7O2. The van der Waals surface area contributed by atoms with Crippen molar-refractivity contribution in [1.82, 2.24) is 0 Å². The maximum Gasteiger partial charge on any atom is 0.423 e. The third-order valence-electron chi connectivity index (χ3n) is 3.90. The van der Waals surface area contributed by atoms with Crippen LogP contribution < -0.4 is 0 Å². The highest BCUT2D eigenvalue weighted by Gasteiger charge is 2.81. The number of hydrogen-bond acceptors (Lipinski definition) is 2. The average Bonchev–Trinajstić information content (AvgIpc) is 2.53. The van der Waals surface area contributed by atoms with Crippen LogP contribution >= 0.6 is 0 Å². The topological polar surface area (TPSA) is 18.5 Å². The lowest BCUT2D eigenvalue weighted by Gasteiger charge is -2.38. The molecule has 1 aliphatic carbocycles. The smallest absolute Gasteiger partial charge is 0.359 e. The number of hydrogen-bond donors (Lipinski definition) is 0. The SMILES string of the molecule is CCC1CC(OCOC)(C(F)(F)F)C(F)(F)C1C(C)(F)F. The molecule has 0 bridgehead atoms. The monoisotopic (exact) mass is 326 g/mol. The minimum Gasteiger partial charge on any atom is -0.359 e. The first-order chi connectivity index (χ1) is 9.35. The lowest BCUT2D eigenvalue weighted by molar-refractivity contribution is -0.362. The first-order valence-corrected chi connectivity index (χ1v) is 6.30. The zero-order valence-corrected chi connectivity index (χ0v) is 11.7. The zero-order chi connectivity index (χ0) is 16.7. The van der Waals surface area contributed by atoms with Crippen LogP contribution in [-0.2, 0) is 9.47 Å². The molecule has 0 saturated heterocycles. The number of ether oxygens (including phenoxy) is 2. The first-order valence-electron chi connectivity index (χ1n) is 6.30. The van der Waals surface area contributed by atoms with Crippen LogP contribution in [-0.4, -0.2) is 37.5 Å². The van der Waals surface area contributed by atoms with Crippen LogP contribution in [0, 0.1) is 11.8 Å². The van der Waals surface area contributed by atoms with Gasteiger partial charge in [-0.1, -0.05) is 13.3 Å². The van der Waals surface area contributed by atoms with Crippen molar-refractivity contribution in [2.45, 2.75) is 50.3 Å². The van der Waals surface area contributed by atoms with E-state index in [9.17, 15) is 30.7 Å². The van der Waals surface area contributed by atoms with E-state index in [2.05, 4.69) is 9.47 Å². The standard InChI is InChI=1S/C12H17F7O2/c1-4-7-5-10(12(17,18)19,21-6-20-3)11(15,16)8(7)9(2,13)14/h7-8H,4-6H2,1-3H3. The molecule has 3 atom stereocenters. The summed E-state index contributed by atoms with van der Waals surface area (Å²) < 4.78 is 104. The second kappa shape index (κ2) is 5.57. The van der Waals surface area contributed by atoms with Crippen molar-refractivity contribution in [2.24, 2.45) is 11.8 Å². The van der Waals surface area contributed by atoms with Gasteiger partial charge in [-0.05, 0) is 19.3 Å². The van der Waals surface area contributed by atoms with E-state index >= 15 is 0 Å². The normalized spacial score (nSPS) is 33.4. The molecule has 1 saturated carbocycles. The summed E-state index contributed by atoms with van der Waals surface area (Å²) in [5.41, 5.74) is -3.96. The van der Waals surface area contributed by atoms with Crippen LogP contribution in [0.2, 0.25) is 0 Å². The molecule has 0 amide bonds. The number of rotatable bonds is 5. The van der Waals surface area contributed by atoms with E-state index in [1.807, 2.05) is 0 Å². The molecule has 1 aliphatic rings. The quantitative estimate of drug-likeness (QED) is 0.556. The molecule has 9 heteroatoms. The highest BCUT2D eigenvalue weighted by atomic mass is 19.4. The molecule has 0 aromatic rings. The van der Waals surface area contributed by atoms with Crippen molar-refractivity contribution in [3.05, 3.63) is 0 Å². The van der Waals surface area contributed by atoms with Crippen LogP contribution in [0.5, 0.6) is 0 Å². The molecular weight excluding hydrogens is 309 g/mol. The molecule has 1 rings (SSSR count). The molecule has 0 aromatic carbocycles. The molecule has 0 spiro atoms. The molecule has 3 unspecified atom stereocenters. The fourth-order valence-electron chi connectivity index (χ4n) is 2.98. The van der Waals surface area contributed by atoms with Crippen molar-refractivity contribution >= 4 is 0 Å². The largest absolute Gasteiger partial charge is 0.423 e. The molecule has 0 aliphatic heterocycles. The molecule has 0 N–H and O–H groups in total. The van der Waals surface area contributed by atoms with Gasteiger partial charge in [0.05, 0.1) is 5.92 Å². The summed E-state index contributed by atoms with van der Waals surface area (Å²) in [6.07, 6.45) is -6.96. The molecule has 0 aromatic heterocycles. The Morgan fingerprint density at radius 2 is 1.67 bits per heavy atom. The summed E-state index contributed by atoms with van der Waals surface area (Å²) >= 11 is 0. The van der Waals surface area contributed by atoms with Gasteiger partial charge >= 0.3 is 6.18 Å². The Kier molecular flexibility index (Phi) is 4.90. The van der Waals surface area contributed by atoms with Gasteiger partial charge in [-0.25, -0.2) is 17.6 Å². The molecule has 0 heterocycles. The summed E-state index contributed by atoms with van der Waals surface area (Å²) in [5, 5.41) is 0. The van der Waals surface area contributed by atoms with E-state index in [-0.39, 0.29) is 13.3 Å². The van der Waals surface area contributed by atoms with Crippen LogP contribution in [0.3, 0.4) is 0 Å². The number of methoxy groups -OCH3 is 1. The molecule has 2 nitrogen and oxygen atoms in total. The highest BCUT2D eigenvalue weighted by molar-refractivity contribution is 5.14. The molecule has 126 valence electrons. The molecule has 1 fully saturated rings. The minimum atomic E-state index is -5.50. The summed E-state index contributed by atoms with van der Waals surface area (Å²) in [4.78, 5) is 0. The Balaban J connectivity index is 3.39. The molecule has 0 radical (unpaired) electrons. The van der Waals surface area contributed by atoms with Gasteiger partial charge in [-0.2, -0.15) is 13.2 Å². The van der Waals surface area contributed by atoms with Crippen LogP contribution in [0.1, 0.15) is 26.7 Å². The fourth-order valence-corrected chi connectivity index (χ4v) is 2.98. The van der Waals surface area contributed by atoms with Gasteiger partial charge in [-0.3, -0.25) is 0 Å². The van der Waals surface area contributed by atoms with E-state index in [4.69, 9.17) is 0 Å². The lowest BCUT2D eigenvalue weighted by atomic mass is 9.86. The van der Waals surface area contributed by atoms with Crippen LogP contribution in [0.15, 0.2) is 0 Å². The van der Waals surface area contributed by atoms with Gasteiger partial charge in [0.15, 0.2) is 0 Å². The Morgan fingerprint density at radius 1 is 1.14 bits per heavy atom. The minimum absolute atomic E-state index is 0.205. The first kappa shape index (κ1) is 18.5. The lowest BCUT2D eigenvalue weighted by Crippen LogP contribution is -2.60. The third kappa shape index (κ3) is 2.86. The maximum atomic E-state index is 14.3. The van der Waals surface area contributed by atoms with Crippen molar-refractivity contribution in [2.75, 3.05) is 13.9 Å². The highest BCUT2D eigenvalue weighted by Crippen LogP contribution is 2.63. The third-order valence-corrected chi connectivity index (χ3v) is 3.90. The summed E-state index contributed by atoms with van der Waals surface area (Å²) in [6, 6.07) is 0. The van der Waals surface area contributed by atoms with E-state index in [1.54, 1.807) is 0 Å². The Bertz CT molecular complexity index is 364. The van der Waals surface area contributed by atoms with Gasteiger partial charge in [0.2, 0.25) is 5.60 Å². The van der Waals surface area contributed by atoms with Crippen molar-refractivity contribution in [3.8, 4) is 0 Å². The maximum absolute atomic E-state index is 14.3. The van der Waals surface area contributed by atoms with Gasteiger partial charge < -0.3 is 9.47 Å². The van der Waals surface area contributed by atoms with E-state index < -0.39 is 48.7 Å². The Morgan fingerprint density at radius 3 is 1.95 bits per heavy atom. The van der Waals surface area contributed by atoms with Gasteiger partial charge in [0, 0.05) is 7.11 Å². The fraction of sp³-hybridized carbons (Fsp3) is 1.00. The molecule has 21 heavy (non-hydrogen) atoms. The summed E-state index contributed by atoms with van der Waals surface area (Å²) in [5.74, 6) is -13.0. The summed E-state index contributed by atoms with van der Waals surface area (Å²) in [6.45, 7) is 0.437. The van der Waals surface area contributed by atoms with Crippen LogP contribution in [0.4, 0.5) is 30.7 Å². The van der Waals surface area contributed by atoms with Gasteiger partial charge in [0.25, 0.3) is 11.8 Å². The van der Waals surface area contributed by atoms with E-state index in [1.165, 1.54) is 6.92 Å². The Labute approximate surface area is 117 Å². The van der Waals surface area contributed by atoms with E-state index in [0.717, 1.165) is 7.11 Å². The zero-order valence-electron chi connectivity index (χ0n) is 11.7. The predicted molar refractivity (Wildman–Crippen MR) is 59.2 cm³/mol. The Hall–Kier alpha value is -0.570. The van der Waals surface area contributed by atoms with Gasteiger partial charge in [0.1, 0.15) is 6.79 Å². The van der Waals surface area contributed by atoms with Crippen molar-refractivity contribution in [1.29, 1.82) is 0 Å².